The first kappa shape index (κ1) is 21.1. The second kappa shape index (κ2) is 12.2. The van der Waals surface area contributed by atoms with Gasteiger partial charge in [-0.1, -0.05) is 17.7 Å². The van der Waals surface area contributed by atoms with Crippen molar-refractivity contribution < 1.29 is 14.2 Å². The minimum absolute atomic E-state index is 0.632. The molecule has 0 spiro atoms. The number of benzene rings is 1. The Morgan fingerprint density at radius 1 is 1.19 bits per heavy atom. The van der Waals surface area contributed by atoms with Crippen LogP contribution in [0.4, 0.5) is 0 Å². The van der Waals surface area contributed by atoms with Crippen LogP contribution in [0, 0.1) is 0 Å². The fraction of sp³-hybridized carbons (Fsp3) is 0.571. The van der Waals surface area contributed by atoms with Crippen molar-refractivity contribution in [3.8, 4) is 11.5 Å². The van der Waals surface area contributed by atoms with Crippen LogP contribution in [0.3, 0.4) is 0 Å². The van der Waals surface area contributed by atoms with Crippen molar-refractivity contribution in [2.45, 2.75) is 32.6 Å². The molecule has 27 heavy (non-hydrogen) atoms. The molecule has 0 radical (unpaired) electrons. The predicted molar refractivity (Wildman–Crippen MR) is 110 cm³/mol. The van der Waals surface area contributed by atoms with Gasteiger partial charge in [0.2, 0.25) is 0 Å². The van der Waals surface area contributed by atoms with Gasteiger partial charge in [0.05, 0.1) is 26.9 Å². The summed E-state index contributed by atoms with van der Waals surface area (Å²) in [4.78, 5) is 4.29. The highest BCUT2D eigenvalue weighted by Gasteiger charge is 2.06. The predicted octanol–water partition coefficient (Wildman–Crippen LogP) is 2.93. The van der Waals surface area contributed by atoms with Crippen LogP contribution in [-0.2, 0) is 11.2 Å². The second-order valence-corrected chi connectivity index (χ2v) is 6.38. The van der Waals surface area contributed by atoms with Crippen molar-refractivity contribution in [1.82, 2.24) is 10.6 Å². The minimum atomic E-state index is 0.632. The number of aryl methyl sites for hydroxylation is 1. The Morgan fingerprint density at radius 2 is 2.04 bits per heavy atom. The summed E-state index contributed by atoms with van der Waals surface area (Å²) in [5.74, 6) is 2.45. The summed E-state index contributed by atoms with van der Waals surface area (Å²) in [5, 5.41) is 6.76. The van der Waals surface area contributed by atoms with Crippen LogP contribution >= 0.6 is 0 Å². The highest BCUT2D eigenvalue weighted by atomic mass is 16.5. The van der Waals surface area contributed by atoms with Gasteiger partial charge in [0.15, 0.2) is 17.5 Å². The third kappa shape index (κ3) is 7.51. The van der Waals surface area contributed by atoms with Gasteiger partial charge in [0, 0.05) is 20.1 Å². The summed E-state index contributed by atoms with van der Waals surface area (Å²) >= 11 is 0. The lowest BCUT2D eigenvalue weighted by Gasteiger charge is -2.15. The molecule has 1 heterocycles. The first-order valence-electron chi connectivity index (χ1n) is 9.76. The van der Waals surface area contributed by atoms with E-state index in [1.54, 1.807) is 14.2 Å². The Labute approximate surface area is 163 Å². The Kier molecular flexibility index (Phi) is 9.55. The number of guanidine groups is 1. The van der Waals surface area contributed by atoms with E-state index >= 15 is 0 Å². The van der Waals surface area contributed by atoms with E-state index < -0.39 is 0 Å². The lowest BCUT2D eigenvalue weighted by atomic mass is 10.1. The van der Waals surface area contributed by atoms with Crippen molar-refractivity contribution in [2.75, 3.05) is 47.1 Å². The number of nitrogens with one attached hydrogen (secondary N) is 2. The minimum Gasteiger partial charge on any atom is -0.493 e. The molecule has 1 aliphatic rings. The number of rotatable bonds is 10. The van der Waals surface area contributed by atoms with E-state index in [1.165, 1.54) is 11.1 Å². The van der Waals surface area contributed by atoms with Crippen molar-refractivity contribution in [2.24, 2.45) is 4.99 Å². The van der Waals surface area contributed by atoms with E-state index in [9.17, 15) is 0 Å². The Morgan fingerprint density at radius 3 is 2.74 bits per heavy atom. The lowest BCUT2D eigenvalue weighted by molar-refractivity contribution is 0.153. The number of hydrogen-bond donors (Lipinski definition) is 2. The Bertz CT molecular complexity index is 629. The molecule has 0 saturated heterocycles. The molecule has 2 N–H and O–H groups in total. The SMILES string of the molecule is CCOc1cc(CCCNC(=NC)NCCC2=CCOCC2)ccc1OC. The first-order valence-corrected chi connectivity index (χ1v) is 9.76. The van der Waals surface area contributed by atoms with Crippen molar-refractivity contribution >= 4 is 5.96 Å². The third-order valence-electron chi connectivity index (χ3n) is 4.48. The fourth-order valence-corrected chi connectivity index (χ4v) is 3.00. The molecule has 0 aromatic heterocycles. The van der Waals surface area contributed by atoms with Gasteiger partial charge in [-0.3, -0.25) is 4.99 Å². The van der Waals surface area contributed by atoms with Crippen LogP contribution in [0.25, 0.3) is 0 Å². The summed E-state index contributed by atoms with van der Waals surface area (Å²) in [6.07, 6.45) is 6.25. The monoisotopic (exact) mass is 375 g/mol. The van der Waals surface area contributed by atoms with Gasteiger partial charge in [-0.15, -0.1) is 0 Å². The van der Waals surface area contributed by atoms with Crippen LogP contribution in [0.1, 0.15) is 31.7 Å². The second-order valence-electron chi connectivity index (χ2n) is 6.38. The van der Waals surface area contributed by atoms with Gasteiger partial charge in [-0.2, -0.15) is 0 Å². The fourth-order valence-electron chi connectivity index (χ4n) is 3.00. The standard InChI is InChI=1S/C21H33N3O3/c1-4-27-20-16-18(7-8-19(20)25-3)6-5-12-23-21(22-2)24-13-9-17-10-14-26-15-11-17/h7-8,10,16H,4-6,9,11-15H2,1-3H3,(H2,22,23,24). The van der Waals surface area contributed by atoms with E-state index in [-0.39, 0.29) is 0 Å². The number of ether oxygens (including phenoxy) is 3. The van der Waals surface area contributed by atoms with Gasteiger partial charge >= 0.3 is 0 Å². The van der Waals surface area contributed by atoms with E-state index in [0.717, 1.165) is 69.4 Å². The van der Waals surface area contributed by atoms with Gasteiger partial charge in [0.25, 0.3) is 0 Å². The maximum absolute atomic E-state index is 5.64. The molecule has 150 valence electrons. The van der Waals surface area contributed by atoms with Gasteiger partial charge in [0.1, 0.15) is 0 Å². The molecule has 0 fully saturated rings. The van der Waals surface area contributed by atoms with Crippen LogP contribution in [0.5, 0.6) is 11.5 Å². The third-order valence-corrected chi connectivity index (χ3v) is 4.48. The number of methoxy groups -OCH3 is 1. The topological polar surface area (TPSA) is 64.1 Å². The molecule has 0 aliphatic carbocycles. The maximum atomic E-state index is 5.64. The summed E-state index contributed by atoms with van der Waals surface area (Å²) in [6, 6.07) is 6.13. The van der Waals surface area contributed by atoms with Crippen molar-refractivity contribution in [3.63, 3.8) is 0 Å². The molecule has 0 amide bonds. The Balaban J connectivity index is 1.68. The molecule has 0 saturated carbocycles. The molecule has 0 bridgehead atoms. The van der Waals surface area contributed by atoms with Gasteiger partial charge < -0.3 is 24.8 Å². The van der Waals surface area contributed by atoms with Crippen LogP contribution < -0.4 is 20.1 Å². The highest BCUT2D eigenvalue weighted by molar-refractivity contribution is 5.79. The Hall–Kier alpha value is -2.21. The molecular weight excluding hydrogens is 342 g/mol. The van der Waals surface area contributed by atoms with Crippen LogP contribution in [0.15, 0.2) is 34.8 Å². The summed E-state index contributed by atoms with van der Waals surface area (Å²) in [7, 11) is 3.47. The van der Waals surface area contributed by atoms with Gasteiger partial charge in [-0.05, 0) is 50.3 Å². The zero-order valence-corrected chi connectivity index (χ0v) is 16.8. The summed E-state index contributed by atoms with van der Waals surface area (Å²) in [5.41, 5.74) is 2.71. The molecular formula is C21H33N3O3. The zero-order chi connectivity index (χ0) is 19.3. The smallest absolute Gasteiger partial charge is 0.190 e. The molecule has 1 aliphatic heterocycles. The zero-order valence-electron chi connectivity index (χ0n) is 16.8. The van der Waals surface area contributed by atoms with Crippen molar-refractivity contribution in [3.05, 3.63) is 35.4 Å². The number of aliphatic imine (C=N–C) groups is 1. The van der Waals surface area contributed by atoms with E-state index in [2.05, 4.69) is 33.8 Å². The maximum Gasteiger partial charge on any atom is 0.190 e. The molecule has 1 aromatic carbocycles. The highest BCUT2D eigenvalue weighted by Crippen LogP contribution is 2.28. The van der Waals surface area contributed by atoms with E-state index in [0.29, 0.717) is 6.61 Å². The molecule has 6 heteroatoms. The van der Waals surface area contributed by atoms with E-state index in [4.69, 9.17) is 14.2 Å². The normalized spacial score (nSPS) is 14.5. The first-order chi connectivity index (χ1) is 13.3. The summed E-state index contributed by atoms with van der Waals surface area (Å²) in [6.45, 7) is 5.96. The lowest BCUT2D eigenvalue weighted by Crippen LogP contribution is -2.38. The van der Waals surface area contributed by atoms with Crippen LogP contribution in [0.2, 0.25) is 0 Å². The average molecular weight is 376 g/mol. The van der Waals surface area contributed by atoms with Crippen molar-refractivity contribution in [1.29, 1.82) is 0 Å². The molecule has 6 nitrogen and oxygen atoms in total. The van der Waals surface area contributed by atoms with Crippen LogP contribution in [-0.4, -0.2) is 53.0 Å². The molecule has 2 rings (SSSR count). The number of hydrogen-bond acceptors (Lipinski definition) is 4. The molecule has 0 unspecified atom stereocenters. The average Bonchev–Trinajstić information content (AvgIpc) is 2.71. The molecule has 1 aromatic rings. The number of nitrogens with zero attached hydrogens (tertiary/aromatic N) is 1. The largest absolute Gasteiger partial charge is 0.493 e. The van der Waals surface area contributed by atoms with Gasteiger partial charge in [-0.25, -0.2) is 0 Å². The van der Waals surface area contributed by atoms with E-state index in [1.807, 2.05) is 13.0 Å². The molecule has 0 atom stereocenters. The summed E-state index contributed by atoms with van der Waals surface area (Å²) < 4.78 is 16.3. The quantitative estimate of drug-likeness (QED) is 0.285.